The largest absolute Gasteiger partial charge is 0.493 e. The molecule has 0 aromatic heterocycles. The monoisotopic (exact) mass is 1570 g/mol. The first-order valence-electron chi connectivity index (χ1n) is 49.0. The molecule has 20 aliphatic carbocycles. The van der Waals surface area contributed by atoms with E-state index in [-0.39, 0.29) is 0 Å². The summed E-state index contributed by atoms with van der Waals surface area (Å²) in [5.41, 5.74) is 11.5. The van der Waals surface area contributed by atoms with E-state index in [2.05, 4.69) is 60.7 Å². The molecule has 10 saturated carbocycles. The molecule has 0 N–H and O–H groups in total. The summed E-state index contributed by atoms with van der Waals surface area (Å²) in [6.45, 7) is 7.03. The molecule has 10 nitrogen and oxygen atoms in total. The van der Waals surface area contributed by atoms with E-state index in [9.17, 15) is 0 Å². The molecule has 10 heteroatoms. The van der Waals surface area contributed by atoms with Gasteiger partial charge in [0.05, 0.1) is 66.1 Å². The minimum atomic E-state index is 0.513. The summed E-state index contributed by atoms with van der Waals surface area (Å²) in [6.07, 6.45) is 65.8. The van der Waals surface area contributed by atoms with Crippen LogP contribution < -0.4 is 47.4 Å². The number of rotatable bonds is 30. The highest BCUT2D eigenvalue weighted by Crippen LogP contribution is 2.47. The molecular formula is C105H150O10. The van der Waals surface area contributed by atoms with Gasteiger partial charge in [-0.3, -0.25) is 0 Å². The van der Waals surface area contributed by atoms with Gasteiger partial charge in [0.25, 0.3) is 0 Å². The van der Waals surface area contributed by atoms with Crippen LogP contribution in [-0.2, 0) is 32.1 Å². The van der Waals surface area contributed by atoms with Crippen LogP contribution in [0.5, 0.6) is 57.5 Å². The third-order valence-electron chi connectivity index (χ3n) is 30.1. The standard InChI is InChI=1S/C105H150O10/c1-11-31-76(32-12-1)66-106-96-56-87-52-89-59-101(111-71-81-41-21-6-22-42-81)91(61-100(89)110-70-80-39-19-5-20-40-80)54-93-63-105(115-75-85-49-29-10-30-50-85)95(65-104(93)114-74-84-47-27-9-28-48-84)55-94-64-102(112-72-82-43-23-7-24-44-82)92(62-103(94)113-73-83-45-25-8-26-46-83)53-90-60-98(108-68-78-35-15-3-16-36-78)88(58-99(90)109-69-79-37-17-4-18-38-79)51-86(96)57-97(87)107-67-77-33-13-2-14-34-77/h56-65,76-85H,1-55,66-75H2. The van der Waals surface area contributed by atoms with Gasteiger partial charge in [-0.1, -0.05) is 193 Å². The van der Waals surface area contributed by atoms with Crippen molar-refractivity contribution in [1.82, 2.24) is 0 Å². The first-order chi connectivity index (χ1) is 56.9. The third kappa shape index (κ3) is 24.2. The lowest BCUT2D eigenvalue weighted by molar-refractivity contribution is 0.200. The molecule has 0 amide bonds. The van der Waals surface area contributed by atoms with Crippen molar-refractivity contribution in [2.75, 3.05) is 66.1 Å². The fourth-order valence-corrected chi connectivity index (χ4v) is 22.6. The Bertz CT molecular complexity index is 2950. The Morgan fingerprint density at radius 1 is 0.130 bits per heavy atom. The Morgan fingerprint density at radius 2 is 0.217 bits per heavy atom. The van der Waals surface area contributed by atoms with Gasteiger partial charge < -0.3 is 47.4 Å². The number of hydrogen-bond donors (Lipinski definition) is 0. The Morgan fingerprint density at radius 3 is 0.304 bits per heavy atom. The molecule has 5 aromatic rings. The van der Waals surface area contributed by atoms with Gasteiger partial charge in [0, 0.05) is 87.7 Å². The van der Waals surface area contributed by atoms with E-state index in [1.165, 1.54) is 321 Å². The van der Waals surface area contributed by atoms with Crippen molar-refractivity contribution in [2.24, 2.45) is 59.2 Å². The maximum Gasteiger partial charge on any atom is 0.123 e. The van der Waals surface area contributed by atoms with Crippen molar-refractivity contribution in [3.8, 4) is 57.5 Å². The summed E-state index contributed by atoms with van der Waals surface area (Å²) in [4.78, 5) is 0. The predicted octanol–water partition coefficient (Wildman–Crippen LogP) is 27.5. The van der Waals surface area contributed by atoms with Gasteiger partial charge in [-0.2, -0.15) is 0 Å². The maximum atomic E-state index is 7.57. The number of hydrogen-bond acceptors (Lipinski definition) is 10. The molecule has 10 bridgehead atoms. The topological polar surface area (TPSA) is 92.3 Å². The number of ether oxygens (including phenoxy) is 10. The smallest absolute Gasteiger partial charge is 0.123 e. The molecule has 0 unspecified atom stereocenters. The minimum absolute atomic E-state index is 0.513. The summed E-state index contributed by atoms with van der Waals surface area (Å²) in [5, 5.41) is 0. The highest BCUT2D eigenvalue weighted by Gasteiger charge is 2.31. The second-order valence-electron chi connectivity index (χ2n) is 39.4. The zero-order valence-corrected chi connectivity index (χ0v) is 71.6. The molecule has 630 valence electrons. The van der Waals surface area contributed by atoms with Crippen LogP contribution in [0.2, 0.25) is 0 Å². The Balaban J connectivity index is 0.918. The van der Waals surface area contributed by atoms with E-state index < -0.39 is 0 Å². The average Bonchev–Trinajstić information content (AvgIpc) is 1.51. The lowest BCUT2D eigenvalue weighted by Gasteiger charge is -2.27. The van der Waals surface area contributed by atoms with Gasteiger partial charge in [0.15, 0.2) is 0 Å². The molecule has 0 spiro atoms. The summed E-state index contributed by atoms with van der Waals surface area (Å²) < 4.78 is 75.7. The highest BCUT2D eigenvalue weighted by atomic mass is 16.5. The van der Waals surface area contributed by atoms with E-state index in [0.29, 0.717) is 157 Å². The van der Waals surface area contributed by atoms with Gasteiger partial charge in [-0.25, -0.2) is 0 Å². The van der Waals surface area contributed by atoms with Crippen LogP contribution in [0.4, 0.5) is 0 Å². The maximum absolute atomic E-state index is 7.57. The zero-order valence-electron chi connectivity index (χ0n) is 71.6. The van der Waals surface area contributed by atoms with Gasteiger partial charge >= 0.3 is 0 Å². The quantitative estimate of drug-likeness (QED) is 0.0434. The fraction of sp³-hybridized carbons (Fsp3) is 0.714. The Labute approximate surface area is 695 Å². The molecular weight excluding hydrogens is 1420 g/mol. The van der Waals surface area contributed by atoms with Crippen LogP contribution in [-0.4, -0.2) is 66.1 Å². The first-order valence-corrected chi connectivity index (χ1v) is 49.0. The molecule has 5 aromatic carbocycles. The lowest BCUT2D eigenvalue weighted by Crippen LogP contribution is -2.18. The first kappa shape index (κ1) is 82.8. The fourth-order valence-electron chi connectivity index (χ4n) is 22.6. The van der Waals surface area contributed by atoms with Crippen molar-refractivity contribution >= 4 is 0 Å². The molecule has 0 heterocycles. The van der Waals surface area contributed by atoms with Crippen LogP contribution in [0.15, 0.2) is 60.7 Å². The van der Waals surface area contributed by atoms with Crippen molar-refractivity contribution < 1.29 is 47.4 Å². The molecule has 0 atom stereocenters. The van der Waals surface area contributed by atoms with E-state index in [1.54, 1.807) is 0 Å². The van der Waals surface area contributed by atoms with Crippen LogP contribution in [0.3, 0.4) is 0 Å². The highest BCUT2D eigenvalue weighted by molar-refractivity contribution is 5.60. The Hall–Kier alpha value is -5.90. The van der Waals surface area contributed by atoms with Crippen molar-refractivity contribution in [3.63, 3.8) is 0 Å². The second-order valence-corrected chi connectivity index (χ2v) is 39.4. The molecule has 0 saturated heterocycles. The van der Waals surface area contributed by atoms with Crippen LogP contribution in [0.25, 0.3) is 0 Å². The van der Waals surface area contributed by atoms with Gasteiger partial charge in [-0.05, 0) is 248 Å². The zero-order chi connectivity index (χ0) is 77.4. The normalized spacial score (nSPS) is 21.7. The predicted molar refractivity (Wildman–Crippen MR) is 467 cm³/mol. The summed E-state index contributed by atoms with van der Waals surface area (Å²) in [7, 11) is 0. The van der Waals surface area contributed by atoms with Gasteiger partial charge in [0.1, 0.15) is 57.5 Å². The molecule has 10 fully saturated rings. The van der Waals surface area contributed by atoms with Crippen molar-refractivity contribution in [2.45, 2.75) is 353 Å². The van der Waals surface area contributed by atoms with E-state index in [0.717, 1.165) is 113 Å². The lowest BCUT2D eigenvalue weighted by atomic mass is 9.89. The van der Waals surface area contributed by atoms with Crippen LogP contribution >= 0.6 is 0 Å². The van der Waals surface area contributed by atoms with E-state index >= 15 is 0 Å². The number of benzene rings is 5. The third-order valence-corrected chi connectivity index (χ3v) is 30.1. The van der Waals surface area contributed by atoms with E-state index in [4.69, 9.17) is 47.4 Å². The molecule has 25 rings (SSSR count). The van der Waals surface area contributed by atoms with E-state index in [1.807, 2.05) is 0 Å². The minimum Gasteiger partial charge on any atom is -0.493 e. The average molecular weight is 1570 g/mol. The SMILES string of the molecule is c1c2c(OCC3CCCCC3)cc(c1OCC1CCCCC1)Cc1cc(OCC3CCCCC3)c(cc1OCC1CCCCC1)Cc1cc(OCC3CCCCC3)c(cc1OCC1CCCCC1)Cc1cc(OCC3CCCCC3)c(cc1OCC1CCCCC1)Cc1cc(OCC3CCCCC3)c(cc1OCC1CCCCC1)C2. The summed E-state index contributed by atoms with van der Waals surface area (Å²) in [5.74, 6) is 14.8. The van der Waals surface area contributed by atoms with Crippen molar-refractivity contribution in [3.05, 3.63) is 116 Å². The molecule has 0 aliphatic heterocycles. The second kappa shape index (κ2) is 43.4. The van der Waals surface area contributed by atoms with Gasteiger partial charge in [0.2, 0.25) is 0 Å². The van der Waals surface area contributed by atoms with Gasteiger partial charge in [-0.15, -0.1) is 0 Å². The summed E-state index contributed by atoms with van der Waals surface area (Å²) in [6, 6.07) is 24.4. The summed E-state index contributed by atoms with van der Waals surface area (Å²) >= 11 is 0. The van der Waals surface area contributed by atoms with Crippen LogP contribution in [0, 0.1) is 59.2 Å². The van der Waals surface area contributed by atoms with Crippen molar-refractivity contribution in [1.29, 1.82) is 0 Å². The van der Waals surface area contributed by atoms with Crippen LogP contribution in [0.1, 0.15) is 377 Å². The molecule has 20 aliphatic rings. The molecule has 115 heavy (non-hydrogen) atoms. The Kier molecular flexibility index (Phi) is 31.2. The molecule has 0 radical (unpaired) electrons.